The molecule has 0 spiro atoms. The zero-order chi connectivity index (χ0) is 15.1. The first-order chi connectivity index (χ1) is 10.2. The second-order valence-corrected chi connectivity index (χ2v) is 5.05. The molecule has 2 rings (SSSR count). The van der Waals surface area contributed by atoms with Gasteiger partial charge in [-0.3, -0.25) is 0 Å². The van der Waals surface area contributed by atoms with Gasteiger partial charge in [0.25, 0.3) is 0 Å². The van der Waals surface area contributed by atoms with Crippen LogP contribution in [0.25, 0.3) is 0 Å². The minimum atomic E-state index is 0.654. The molecule has 0 aliphatic rings. The molecule has 108 valence electrons. The van der Waals surface area contributed by atoms with Gasteiger partial charge in [0.15, 0.2) is 0 Å². The number of benzene rings is 2. The summed E-state index contributed by atoms with van der Waals surface area (Å²) in [4.78, 5) is 2.25. The number of nitriles is 1. The average Bonchev–Trinajstić information content (AvgIpc) is 2.52. The van der Waals surface area contributed by atoms with Gasteiger partial charge in [-0.15, -0.1) is 0 Å². The summed E-state index contributed by atoms with van der Waals surface area (Å²) in [6.45, 7) is 3.74. The largest absolute Gasteiger partial charge is 0.494 e. The fraction of sp³-hybridized carbons (Fsp3) is 0.278. The van der Waals surface area contributed by atoms with Crippen LogP contribution in [-0.2, 0) is 0 Å². The first-order valence-corrected chi connectivity index (χ1v) is 7.10. The molecule has 21 heavy (non-hydrogen) atoms. The van der Waals surface area contributed by atoms with E-state index >= 15 is 0 Å². The van der Waals surface area contributed by atoms with Crippen molar-refractivity contribution < 1.29 is 4.74 Å². The lowest BCUT2D eigenvalue weighted by Crippen LogP contribution is -2.21. The van der Waals surface area contributed by atoms with Crippen molar-refractivity contribution in [3.05, 3.63) is 59.7 Å². The molecule has 0 saturated carbocycles. The number of hydrogen-bond donors (Lipinski definition) is 0. The fourth-order valence-corrected chi connectivity index (χ4v) is 2.23. The quantitative estimate of drug-likeness (QED) is 0.756. The van der Waals surface area contributed by atoms with Gasteiger partial charge in [0.1, 0.15) is 5.75 Å². The lowest BCUT2D eigenvalue weighted by Gasteiger charge is -2.21. The number of aryl methyl sites for hydroxylation is 1. The van der Waals surface area contributed by atoms with E-state index in [0.717, 1.165) is 18.7 Å². The van der Waals surface area contributed by atoms with Crippen molar-refractivity contribution in [3.63, 3.8) is 0 Å². The van der Waals surface area contributed by atoms with E-state index < -0.39 is 0 Å². The number of ether oxygens (including phenoxy) is 1. The summed E-state index contributed by atoms with van der Waals surface area (Å²) in [5.41, 5.74) is 3.20. The number of nitrogens with zero attached hydrogens (tertiary/aromatic N) is 2. The third-order valence-electron chi connectivity index (χ3n) is 3.42. The number of hydrogen-bond acceptors (Lipinski definition) is 3. The maximum absolute atomic E-state index is 8.74. The van der Waals surface area contributed by atoms with Gasteiger partial charge in [0.05, 0.1) is 18.2 Å². The fourth-order valence-electron chi connectivity index (χ4n) is 2.23. The van der Waals surface area contributed by atoms with Crippen LogP contribution in [-0.4, -0.2) is 20.2 Å². The summed E-state index contributed by atoms with van der Waals surface area (Å²) in [5.74, 6) is 0.813. The second-order valence-electron chi connectivity index (χ2n) is 5.05. The van der Waals surface area contributed by atoms with Gasteiger partial charge in [0, 0.05) is 19.3 Å². The maximum Gasteiger partial charge on any atom is 0.119 e. The Morgan fingerprint density at radius 2 is 1.81 bits per heavy atom. The monoisotopic (exact) mass is 280 g/mol. The van der Waals surface area contributed by atoms with Crippen LogP contribution in [0.1, 0.15) is 17.5 Å². The van der Waals surface area contributed by atoms with E-state index in [1.54, 1.807) is 12.1 Å². The molecule has 2 aromatic carbocycles. The third kappa shape index (κ3) is 4.25. The highest BCUT2D eigenvalue weighted by Crippen LogP contribution is 2.18. The number of anilines is 1. The Balaban J connectivity index is 1.77. The van der Waals surface area contributed by atoms with E-state index in [4.69, 9.17) is 10.00 Å². The van der Waals surface area contributed by atoms with Crippen LogP contribution < -0.4 is 9.64 Å². The normalized spacial score (nSPS) is 9.95. The molecule has 0 aromatic heterocycles. The van der Waals surface area contributed by atoms with Crippen molar-refractivity contribution in [1.82, 2.24) is 0 Å². The molecule has 0 unspecified atom stereocenters. The molecule has 0 heterocycles. The molecule has 0 N–H and O–H groups in total. The van der Waals surface area contributed by atoms with Crippen molar-refractivity contribution in [2.45, 2.75) is 13.3 Å². The summed E-state index contributed by atoms with van der Waals surface area (Å²) in [6, 6.07) is 17.7. The summed E-state index contributed by atoms with van der Waals surface area (Å²) in [7, 11) is 2.10. The summed E-state index contributed by atoms with van der Waals surface area (Å²) in [5, 5.41) is 8.74. The first kappa shape index (κ1) is 14.9. The molecule has 0 aliphatic carbocycles. The minimum Gasteiger partial charge on any atom is -0.494 e. The molecular weight excluding hydrogens is 260 g/mol. The van der Waals surface area contributed by atoms with Crippen LogP contribution >= 0.6 is 0 Å². The standard InChI is InChI=1S/C18H20N2O/c1-15-6-3-4-7-18(15)20(2)12-5-13-21-17-10-8-16(14-19)9-11-17/h3-4,6-11H,5,12-13H2,1-2H3. The van der Waals surface area contributed by atoms with Crippen LogP contribution in [0.3, 0.4) is 0 Å². The molecule has 0 saturated heterocycles. The Bertz CT molecular complexity index is 614. The van der Waals surface area contributed by atoms with Crippen LogP contribution in [0.15, 0.2) is 48.5 Å². The Morgan fingerprint density at radius 3 is 2.48 bits per heavy atom. The molecule has 0 fully saturated rings. The van der Waals surface area contributed by atoms with E-state index in [1.165, 1.54) is 11.3 Å². The molecule has 2 aromatic rings. The van der Waals surface area contributed by atoms with Gasteiger partial charge in [0.2, 0.25) is 0 Å². The van der Waals surface area contributed by atoms with E-state index in [9.17, 15) is 0 Å². The van der Waals surface area contributed by atoms with Crippen molar-refractivity contribution in [3.8, 4) is 11.8 Å². The zero-order valence-corrected chi connectivity index (χ0v) is 12.5. The van der Waals surface area contributed by atoms with Crippen molar-refractivity contribution in [1.29, 1.82) is 5.26 Å². The van der Waals surface area contributed by atoms with E-state index in [2.05, 4.69) is 49.2 Å². The van der Waals surface area contributed by atoms with Crippen molar-refractivity contribution in [2.24, 2.45) is 0 Å². The molecular formula is C18H20N2O. The van der Waals surface area contributed by atoms with E-state index in [0.29, 0.717) is 12.2 Å². The van der Waals surface area contributed by atoms with Gasteiger partial charge >= 0.3 is 0 Å². The van der Waals surface area contributed by atoms with Crippen molar-refractivity contribution in [2.75, 3.05) is 25.1 Å². The lowest BCUT2D eigenvalue weighted by molar-refractivity contribution is 0.312. The lowest BCUT2D eigenvalue weighted by atomic mass is 10.2. The predicted molar refractivity (Wildman–Crippen MR) is 85.7 cm³/mol. The SMILES string of the molecule is Cc1ccccc1N(C)CCCOc1ccc(C#N)cc1. The van der Waals surface area contributed by atoms with Crippen molar-refractivity contribution >= 4 is 5.69 Å². The summed E-state index contributed by atoms with van der Waals surface area (Å²) in [6.07, 6.45) is 0.949. The van der Waals surface area contributed by atoms with Gasteiger partial charge in [-0.25, -0.2) is 0 Å². The van der Waals surface area contributed by atoms with Gasteiger partial charge in [-0.2, -0.15) is 5.26 Å². The Morgan fingerprint density at radius 1 is 1.10 bits per heavy atom. The van der Waals surface area contributed by atoms with Crippen LogP contribution in [0.2, 0.25) is 0 Å². The molecule has 0 atom stereocenters. The third-order valence-corrected chi connectivity index (χ3v) is 3.42. The Labute approximate surface area is 126 Å². The minimum absolute atomic E-state index is 0.654. The smallest absolute Gasteiger partial charge is 0.119 e. The topological polar surface area (TPSA) is 36.3 Å². The zero-order valence-electron chi connectivity index (χ0n) is 12.5. The Kier molecular flexibility index (Phi) is 5.22. The van der Waals surface area contributed by atoms with Gasteiger partial charge in [-0.1, -0.05) is 18.2 Å². The molecule has 3 heteroatoms. The molecule has 0 aliphatic heterocycles. The first-order valence-electron chi connectivity index (χ1n) is 7.10. The molecule has 0 amide bonds. The maximum atomic E-state index is 8.74. The summed E-state index contributed by atoms with van der Waals surface area (Å²) < 4.78 is 5.69. The molecule has 0 radical (unpaired) electrons. The average molecular weight is 280 g/mol. The molecule has 0 bridgehead atoms. The highest BCUT2D eigenvalue weighted by Gasteiger charge is 2.03. The van der Waals surface area contributed by atoms with E-state index in [-0.39, 0.29) is 0 Å². The van der Waals surface area contributed by atoms with Gasteiger partial charge in [-0.05, 0) is 49.2 Å². The van der Waals surface area contributed by atoms with Crippen LogP contribution in [0, 0.1) is 18.3 Å². The van der Waals surface area contributed by atoms with Gasteiger partial charge < -0.3 is 9.64 Å². The number of rotatable bonds is 6. The second kappa shape index (κ2) is 7.35. The van der Waals surface area contributed by atoms with Crippen LogP contribution in [0.4, 0.5) is 5.69 Å². The van der Waals surface area contributed by atoms with E-state index in [1.807, 2.05) is 12.1 Å². The Hall–Kier alpha value is -2.47. The van der Waals surface area contributed by atoms with Crippen LogP contribution in [0.5, 0.6) is 5.75 Å². The predicted octanol–water partition coefficient (Wildman–Crippen LogP) is 3.77. The highest BCUT2D eigenvalue weighted by atomic mass is 16.5. The molecule has 3 nitrogen and oxygen atoms in total. The highest BCUT2D eigenvalue weighted by molar-refractivity contribution is 5.52. The number of para-hydroxylation sites is 1. The summed E-state index contributed by atoms with van der Waals surface area (Å²) >= 11 is 0.